The number of thiol groups is 1. The summed E-state index contributed by atoms with van der Waals surface area (Å²) in [5.74, 6) is -0.280. The van der Waals surface area contributed by atoms with Crippen molar-refractivity contribution in [1.82, 2.24) is 4.98 Å². The molecular formula is C5H3ClN2O2S. The second kappa shape index (κ2) is 3.06. The van der Waals surface area contributed by atoms with Crippen LogP contribution in [0.1, 0.15) is 0 Å². The van der Waals surface area contributed by atoms with E-state index in [4.69, 9.17) is 11.6 Å². The third-order valence-corrected chi connectivity index (χ3v) is 1.52. The molecule has 1 aromatic heterocycles. The maximum absolute atomic E-state index is 10.2. The molecule has 11 heavy (non-hydrogen) atoms. The highest BCUT2D eigenvalue weighted by molar-refractivity contribution is 7.80. The molecule has 0 fully saturated rings. The molecule has 0 N–H and O–H groups in total. The highest BCUT2D eigenvalue weighted by Gasteiger charge is 2.11. The van der Waals surface area contributed by atoms with Crippen LogP contribution in [0.15, 0.2) is 17.2 Å². The average Bonchev–Trinajstić information content (AvgIpc) is 1.85. The Bertz CT molecular complexity index is 305. The van der Waals surface area contributed by atoms with Gasteiger partial charge in [-0.3, -0.25) is 0 Å². The zero-order chi connectivity index (χ0) is 8.43. The summed E-state index contributed by atoms with van der Waals surface area (Å²) in [5, 5.41) is 10.5. The summed E-state index contributed by atoms with van der Waals surface area (Å²) in [6, 6.07) is 1.37. The van der Waals surface area contributed by atoms with Gasteiger partial charge in [-0.2, -0.15) is 0 Å². The van der Waals surface area contributed by atoms with Gasteiger partial charge in [0.25, 0.3) is 0 Å². The van der Waals surface area contributed by atoms with E-state index in [0.717, 1.165) is 0 Å². The van der Waals surface area contributed by atoms with E-state index in [2.05, 4.69) is 17.6 Å². The Morgan fingerprint density at radius 2 is 2.36 bits per heavy atom. The van der Waals surface area contributed by atoms with Crippen molar-refractivity contribution < 1.29 is 4.92 Å². The summed E-state index contributed by atoms with van der Waals surface area (Å²) in [5.41, 5.74) is 0. The number of rotatable bonds is 1. The highest BCUT2D eigenvalue weighted by Crippen LogP contribution is 2.21. The van der Waals surface area contributed by atoms with Crippen LogP contribution in [0.2, 0.25) is 5.02 Å². The predicted molar refractivity (Wildman–Crippen MR) is 43.2 cm³/mol. The molecular weight excluding hydrogens is 188 g/mol. The summed E-state index contributed by atoms with van der Waals surface area (Å²) in [6.45, 7) is 0. The lowest BCUT2D eigenvalue weighted by Crippen LogP contribution is -1.92. The monoisotopic (exact) mass is 190 g/mol. The van der Waals surface area contributed by atoms with Crippen LogP contribution >= 0.6 is 24.2 Å². The van der Waals surface area contributed by atoms with E-state index < -0.39 is 4.92 Å². The number of hydrogen-bond donors (Lipinski definition) is 1. The van der Waals surface area contributed by atoms with Crippen LogP contribution < -0.4 is 0 Å². The lowest BCUT2D eigenvalue weighted by molar-refractivity contribution is -0.392. The largest absolute Gasteiger partial charge is 0.376 e. The quantitative estimate of drug-likeness (QED) is 0.418. The van der Waals surface area contributed by atoms with E-state index in [1.54, 1.807) is 0 Å². The van der Waals surface area contributed by atoms with Crippen LogP contribution in [0.5, 0.6) is 0 Å². The van der Waals surface area contributed by atoms with Crippen molar-refractivity contribution in [1.29, 1.82) is 0 Å². The molecule has 1 heterocycles. The van der Waals surface area contributed by atoms with E-state index in [1.165, 1.54) is 12.3 Å². The molecule has 0 spiro atoms. The van der Waals surface area contributed by atoms with Crippen molar-refractivity contribution in [2.75, 3.05) is 0 Å². The van der Waals surface area contributed by atoms with Crippen LogP contribution in [0.4, 0.5) is 5.82 Å². The fraction of sp³-hybridized carbons (Fsp3) is 0. The molecule has 0 saturated heterocycles. The molecule has 0 amide bonds. The summed E-state index contributed by atoms with van der Waals surface area (Å²) in [4.78, 5) is 13.2. The molecule has 58 valence electrons. The number of hydrogen-bond acceptors (Lipinski definition) is 4. The lowest BCUT2D eigenvalue weighted by Gasteiger charge is -1.93. The Kier molecular flexibility index (Phi) is 2.31. The maximum Gasteiger partial charge on any atom is 0.376 e. The van der Waals surface area contributed by atoms with Gasteiger partial charge in [-0.05, 0) is 16.0 Å². The number of halogens is 1. The van der Waals surface area contributed by atoms with Crippen LogP contribution in [-0.4, -0.2) is 9.91 Å². The molecule has 0 radical (unpaired) electrons. The van der Waals surface area contributed by atoms with Gasteiger partial charge in [-0.1, -0.05) is 11.6 Å². The molecule has 0 aliphatic rings. The normalized spacial score (nSPS) is 9.64. The van der Waals surface area contributed by atoms with E-state index in [9.17, 15) is 10.1 Å². The van der Waals surface area contributed by atoms with E-state index >= 15 is 0 Å². The first kappa shape index (κ1) is 8.29. The second-order valence-corrected chi connectivity index (χ2v) is 2.67. The van der Waals surface area contributed by atoms with Gasteiger partial charge in [0.05, 0.1) is 5.02 Å². The molecule has 1 rings (SSSR count). The molecule has 0 unspecified atom stereocenters. The third-order valence-electron chi connectivity index (χ3n) is 0.987. The van der Waals surface area contributed by atoms with Crippen LogP contribution in [0.3, 0.4) is 0 Å². The highest BCUT2D eigenvalue weighted by atomic mass is 35.5. The van der Waals surface area contributed by atoms with Crippen molar-refractivity contribution in [3.8, 4) is 0 Å². The van der Waals surface area contributed by atoms with Gasteiger partial charge in [0.2, 0.25) is 0 Å². The minimum atomic E-state index is -0.612. The fourth-order valence-corrected chi connectivity index (χ4v) is 1.07. The van der Waals surface area contributed by atoms with Gasteiger partial charge in [0, 0.05) is 0 Å². The van der Waals surface area contributed by atoms with Crippen molar-refractivity contribution in [2.24, 2.45) is 0 Å². The Morgan fingerprint density at radius 1 is 1.73 bits per heavy atom. The van der Waals surface area contributed by atoms with Gasteiger partial charge in [-0.25, -0.2) is 0 Å². The van der Waals surface area contributed by atoms with Crippen LogP contribution in [0.25, 0.3) is 0 Å². The molecule has 0 aromatic carbocycles. The average molecular weight is 191 g/mol. The van der Waals surface area contributed by atoms with Crippen molar-refractivity contribution in [3.05, 3.63) is 27.4 Å². The Hall–Kier alpha value is -0.810. The zero-order valence-corrected chi connectivity index (χ0v) is 6.84. The van der Waals surface area contributed by atoms with Crippen molar-refractivity contribution in [2.45, 2.75) is 4.90 Å². The molecule has 0 saturated carbocycles. The van der Waals surface area contributed by atoms with Crippen LogP contribution in [-0.2, 0) is 0 Å². The smallest absolute Gasteiger partial charge is 0.358 e. The predicted octanol–water partition coefficient (Wildman–Crippen LogP) is 1.93. The van der Waals surface area contributed by atoms with E-state index in [-0.39, 0.29) is 10.7 Å². The standard InChI is InChI=1S/C5H3ClN2O2S/c6-3-1-4(11)5(7-2-3)8(9)10/h1-2,11H. The van der Waals surface area contributed by atoms with E-state index in [1.807, 2.05) is 0 Å². The second-order valence-electron chi connectivity index (χ2n) is 1.75. The summed E-state index contributed by atoms with van der Waals surface area (Å²) >= 11 is 9.31. The van der Waals surface area contributed by atoms with Gasteiger partial charge in [0.1, 0.15) is 4.90 Å². The molecule has 0 atom stereocenters. The maximum atomic E-state index is 10.2. The molecule has 0 aliphatic heterocycles. The Balaban J connectivity index is 3.20. The van der Waals surface area contributed by atoms with Crippen LogP contribution in [0, 0.1) is 10.1 Å². The van der Waals surface area contributed by atoms with Gasteiger partial charge in [0.15, 0.2) is 6.20 Å². The molecule has 0 bridgehead atoms. The summed E-state index contributed by atoms with van der Waals surface area (Å²) < 4.78 is 0. The minimum Gasteiger partial charge on any atom is -0.358 e. The first-order chi connectivity index (χ1) is 5.11. The van der Waals surface area contributed by atoms with E-state index in [0.29, 0.717) is 5.02 Å². The minimum absolute atomic E-state index is 0.169. The van der Waals surface area contributed by atoms with Gasteiger partial charge < -0.3 is 10.1 Å². The SMILES string of the molecule is O=[N+]([O-])c1ncc(Cl)cc1S. The van der Waals surface area contributed by atoms with Crippen molar-refractivity contribution in [3.63, 3.8) is 0 Å². The molecule has 6 heteroatoms. The van der Waals surface area contributed by atoms with Crippen molar-refractivity contribution >= 4 is 30.0 Å². The topological polar surface area (TPSA) is 56.0 Å². The molecule has 4 nitrogen and oxygen atoms in total. The third kappa shape index (κ3) is 1.81. The zero-order valence-electron chi connectivity index (χ0n) is 5.19. The Morgan fingerprint density at radius 3 is 2.82 bits per heavy atom. The lowest BCUT2D eigenvalue weighted by atomic mass is 10.5. The number of nitro groups is 1. The van der Waals surface area contributed by atoms with Gasteiger partial charge >= 0.3 is 5.82 Å². The molecule has 0 aliphatic carbocycles. The summed E-state index contributed by atoms with van der Waals surface area (Å²) in [7, 11) is 0. The number of nitrogens with zero attached hydrogens (tertiary/aromatic N) is 2. The molecule has 1 aromatic rings. The number of pyridine rings is 1. The summed E-state index contributed by atoms with van der Waals surface area (Å²) in [6.07, 6.45) is 1.21. The Labute approximate surface area is 72.8 Å². The number of aromatic nitrogens is 1. The van der Waals surface area contributed by atoms with Gasteiger partial charge in [-0.15, -0.1) is 12.6 Å². The first-order valence-corrected chi connectivity index (χ1v) is 3.42. The first-order valence-electron chi connectivity index (χ1n) is 2.60. The fourth-order valence-electron chi connectivity index (χ4n) is 0.562.